The number of benzene rings is 2. The van der Waals surface area contributed by atoms with Crippen LogP contribution in [0.4, 0.5) is 5.69 Å². The highest BCUT2D eigenvalue weighted by Crippen LogP contribution is 2.20. The topological polar surface area (TPSA) is 20.3 Å². The summed E-state index contributed by atoms with van der Waals surface area (Å²) < 4.78 is 0. The average molecular weight is 376 g/mol. The van der Waals surface area contributed by atoms with Crippen molar-refractivity contribution in [2.75, 3.05) is 4.90 Å². The number of carbonyl (C=O) groups excluding carboxylic acids is 1. The van der Waals surface area contributed by atoms with Crippen molar-refractivity contribution in [1.29, 1.82) is 0 Å². The molecule has 0 N–H and O–H groups in total. The number of amides is 1. The lowest BCUT2D eigenvalue weighted by Crippen LogP contribution is -2.21. The molecule has 0 aliphatic carbocycles. The van der Waals surface area contributed by atoms with E-state index >= 15 is 0 Å². The molecular weight excluding hydrogens is 342 g/mol. The molecule has 2 aromatic rings. The molecular formula is C26H33NO. The maximum absolute atomic E-state index is 11.7. The van der Waals surface area contributed by atoms with Gasteiger partial charge in [0.05, 0.1) is 12.2 Å². The van der Waals surface area contributed by atoms with Gasteiger partial charge in [-0.25, -0.2) is 0 Å². The third-order valence-corrected chi connectivity index (χ3v) is 4.91. The number of para-hydroxylation sites is 1. The molecule has 0 saturated carbocycles. The van der Waals surface area contributed by atoms with Gasteiger partial charge in [0.25, 0.3) is 0 Å². The second-order valence-corrected chi connectivity index (χ2v) is 7.26. The van der Waals surface area contributed by atoms with Crippen LogP contribution in [0.5, 0.6) is 0 Å². The lowest BCUT2D eigenvalue weighted by atomic mass is 10.1. The van der Waals surface area contributed by atoms with Crippen LogP contribution in [0.15, 0.2) is 54.6 Å². The number of unbranched alkanes of at least 4 members (excludes halogenated alkanes) is 8. The first-order chi connectivity index (χ1) is 13.8. The van der Waals surface area contributed by atoms with Crippen molar-refractivity contribution >= 4 is 12.1 Å². The number of rotatable bonds is 12. The lowest BCUT2D eigenvalue weighted by molar-refractivity contribution is -0.107. The largest absolute Gasteiger partial charge is 0.309 e. The summed E-state index contributed by atoms with van der Waals surface area (Å²) in [6.45, 7) is 2.81. The Morgan fingerprint density at radius 3 is 2.18 bits per heavy atom. The molecule has 2 aromatic carbocycles. The third-order valence-electron chi connectivity index (χ3n) is 4.91. The quantitative estimate of drug-likeness (QED) is 0.229. The van der Waals surface area contributed by atoms with E-state index in [1.165, 1.54) is 44.9 Å². The summed E-state index contributed by atoms with van der Waals surface area (Å²) in [6, 6.07) is 18.0. The van der Waals surface area contributed by atoms with E-state index in [2.05, 4.69) is 18.8 Å². The Balaban J connectivity index is 1.84. The van der Waals surface area contributed by atoms with Gasteiger partial charge >= 0.3 is 0 Å². The summed E-state index contributed by atoms with van der Waals surface area (Å²) in [5, 5.41) is 0. The van der Waals surface area contributed by atoms with Crippen molar-refractivity contribution < 1.29 is 4.79 Å². The highest BCUT2D eigenvalue weighted by molar-refractivity contribution is 5.79. The Labute approximate surface area is 171 Å². The zero-order valence-electron chi connectivity index (χ0n) is 17.2. The fourth-order valence-corrected chi connectivity index (χ4v) is 3.29. The molecule has 0 aliphatic rings. The predicted molar refractivity (Wildman–Crippen MR) is 119 cm³/mol. The molecule has 0 fully saturated rings. The Bertz CT molecular complexity index is 742. The van der Waals surface area contributed by atoms with Gasteiger partial charge in [-0.15, -0.1) is 0 Å². The molecule has 2 heteroatoms. The molecule has 0 aromatic heterocycles. The van der Waals surface area contributed by atoms with E-state index in [-0.39, 0.29) is 0 Å². The molecule has 0 heterocycles. The van der Waals surface area contributed by atoms with E-state index in [9.17, 15) is 4.79 Å². The van der Waals surface area contributed by atoms with Crippen LogP contribution in [0.2, 0.25) is 0 Å². The first-order valence-corrected chi connectivity index (χ1v) is 10.7. The van der Waals surface area contributed by atoms with E-state index in [1.54, 1.807) is 4.90 Å². The standard InChI is InChI=1S/C26H33NO/c1-2-3-4-5-6-7-8-9-10-14-19-25-20-15-16-21-26(25)27(23-28)22-24-17-12-11-13-18-24/h11-13,15-18,20-21,23H,2-10,22H2,1H3. The summed E-state index contributed by atoms with van der Waals surface area (Å²) in [6.07, 6.45) is 12.3. The summed E-state index contributed by atoms with van der Waals surface area (Å²) >= 11 is 0. The molecule has 0 saturated heterocycles. The first kappa shape index (κ1) is 21.8. The van der Waals surface area contributed by atoms with Crippen molar-refractivity contribution in [3.8, 4) is 11.8 Å². The maximum Gasteiger partial charge on any atom is 0.214 e. The average Bonchev–Trinajstić information content (AvgIpc) is 2.74. The van der Waals surface area contributed by atoms with Gasteiger partial charge in [0.2, 0.25) is 6.41 Å². The van der Waals surface area contributed by atoms with Crippen LogP contribution in [0.3, 0.4) is 0 Å². The molecule has 0 atom stereocenters. The second-order valence-electron chi connectivity index (χ2n) is 7.26. The number of nitrogens with zero attached hydrogens (tertiary/aromatic N) is 1. The van der Waals surface area contributed by atoms with Gasteiger partial charge in [0.15, 0.2) is 0 Å². The van der Waals surface area contributed by atoms with Crippen molar-refractivity contribution in [2.24, 2.45) is 0 Å². The monoisotopic (exact) mass is 375 g/mol. The minimum Gasteiger partial charge on any atom is -0.309 e. The molecule has 148 valence electrons. The van der Waals surface area contributed by atoms with Gasteiger partial charge in [0.1, 0.15) is 0 Å². The van der Waals surface area contributed by atoms with Crippen LogP contribution in [-0.2, 0) is 11.3 Å². The fourth-order valence-electron chi connectivity index (χ4n) is 3.29. The Morgan fingerprint density at radius 1 is 0.821 bits per heavy atom. The van der Waals surface area contributed by atoms with Gasteiger partial charge in [-0.3, -0.25) is 4.79 Å². The number of hydrogen-bond donors (Lipinski definition) is 0. The summed E-state index contributed by atoms with van der Waals surface area (Å²) in [5.41, 5.74) is 2.91. The Kier molecular flexibility index (Phi) is 10.6. The third kappa shape index (κ3) is 8.01. The molecule has 2 nitrogen and oxygen atoms in total. The normalized spacial score (nSPS) is 10.2. The van der Waals surface area contributed by atoms with Crippen molar-refractivity contribution in [3.63, 3.8) is 0 Å². The van der Waals surface area contributed by atoms with Gasteiger partial charge in [-0.1, -0.05) is 106 Å². The summed E-state index contributed by atoms with van der Waals surface area (Å²) in [4.78, 5) is 13.4. The Hall–Kier alpha value is -2.53. The van der Waals surface area contributed by atoms with E-state index in [0.717, 1.165) is 36.1 Å². The highest BCUT2D eigenvalue weighted by Gasteiger charge is 2.09. The van der Waals surface area contributed by atoms with E-state index in [4.69, 9.17) is 0 Å². The van der Waals surface area contributed by atoms with E-state index in [1.807, 2.05) is 54.6 Å². The van der Waals surface area contributed by atoms with Crippen molar-refractivity contribution in [2.45, 2.75) is 71.3 Å². The number of hydrogen-bond acceptors (Lipinski definition) is 1. The van der Waals surface area contributed by atoms with Crippen molar-refractivity contribution in [3.05, 3.63) is 65.7 Å². The van der Waals surface area contributed by atoms with Gasteiger partial charge < -0.3 is 4.90 Å². The zero-order valence-corrected chi connectivity index (χ0v) is 17.2. The molecule has 2 rings (SSSR count). The summed E-state index contributed by atoms with van der Waals surface area (Å²) in [7, 11) is 0. The van der Waals surface area contributed by atoms with Crippen LogP contribution in [-0.4, -0.2) is 6.41 Å². The van der Waals surface area contributed by atoms with E-state index < -0.39 is 0 Å². The van der Waals surface area contributed by atoms with Crippen LogP contribution < -0.4 is 4.90 Å². The van der Waals surface area contributed by atoms with Gasteiger partial charge in [-0.2, -0.15) is 0 Å². The predicted octanol–water partition coefficient (Wildman–Crippen LogP) is 6.73. The number of anilines is 1. The molecule has 0 unspecified atom stereocenters. The van der Waals surface area contributed by atoms with Crippen molar-refractivity contribution in [1.82, 2.24) is 0 Å². The van der Waals surface area contributed by atoms with Gasteiger partial charge in [0, 0.05) is 12.0 Å². The minimum absolute atomic E-state index is 0.557. The van der Waals surface area contributed by atoms with Crippen LogP contribution in [0.1, 0.15) is 75.8 Å². The SMILES string of the molecule is CCCCCCCCCCC#Cc1ccccc1N(C=O)Cc1ccccc1. The maximum atomic E-state index is 11.7. The van der Waals surface area contributed by atoms with Crippen LogP contribution in [0.25, 0.3) is 0 Å². The van der Waals surface area contributed by atoms with Crippen LogP contribution in [0, 0.1) is 11.8 Å². The molecule has 0 bridgehead atoms. The minimum atomic E-state index is 0.557. The molecule has 0 spiro atoms. The smallest absolute Gasteiger partial charge is 0.214 e. The summed E-state index contributed by atoms with van der Waals surface area (Å²) in [5.74, 6) is 6.59. The first-order valence-electron chi connectivity index (χ1n) is 10.7. The van der Waals surface area contributed by atoms with Crippen LogP contribution >= 0.6 is 0 Å². The lowest BCUT2D eigenvalue weighted by Gasteiger charge is -2.19. The highest BCUT2D eigenvalue weighted by atomic mass is 16.1. The molecule has 28 heavy (non-hydrogen) atoms. The number of carbonyl (C=O) groups is 1. The van der Waals surface area contributed by atoms with Gasteiger partial charge in [-0.05, 0) is 24.1 Å². The Morgan fingerprint density at radius 2 is 1.46 bits per heavy atom. The second kappa shape index (κ2) is 13.6. The molecule has 0 aliphatic heterocycles. The zero-order chi connectivity index (χ0) is 19.9. The molecule has 0 radical (unpaired) electrons. The fraction of sp³-hybridized carbons (Fsp3) is 0.423. The molecule has 1 amide bonds. The van der Waals surface area contributed by atoms with E-state index in [0.29, 0.717) is 6.54 Å².